The summed E-state index contributed by atoms with van der Waals surface area (Å²) in [6.45, 7) is 10.1. The van der Waals surface area contributed by atoms with Crippen molar-refractivity contribution in [2.75, 3.05) is 7.11 Å². The van der Waals surface area contributed by atoms with Crippen LogP contribution in [0.5, 0.6) is 5.75 Å². The number of ether oxygens (including phenoxy) is 1. The zero-order valence-corrected chi connectivity index (χ0v) is 86.1. The topological polar surface area (TPSA) is 455 Å². The predicted octanol–water partition coefficient (Wildman–Crippen LogP) is 15.6. The number of imidazole rings is 6. The molecule has 0 fully saturated rings. The number of hydrogen-bond acceptors (Lipinski definition) is 37. The van der Waals surface area contributed by atoms with Crippen LogP contribution in [0.15, 0.2) is 280 Å². The summed E-state index contributed by atoms with van der Waals surface area (Å²) in [4.78, 5) is 55.1. The first kappa shape index (κ1) is 98.4. The number of methoxy groups -OCH3 is 1. The van der Waals surface area contributed by atoms with Gasteiger partial charge in [0.15, 0.2) is 30.9 Å². The van der Waals surface area contributed by atoms with Gasteiger partial charge in [0.05, 0.1) is 119 Å². The van der Waals surface area contributed by atoms with E-state index in [-0.39, 0.29) is 0 Å². The van der Waals surface area contributed by atoms with Crippen molar-refractivity contribution in [2.24, 2.45) is 42.3 Å². The van der Waals surface area contributed by atoms with Crippen LogP contribution in [0.2, 0.25) is 5.02 Å². The van der Waals surface area contributed by atoms with Crippen molar-refractivity contribution in [1.29, 1.82) is 0 Å². The molecule has 24 rings (SSSR count). The summed E-state index contributed by atoms with van der Waals surface area (Å²) in [6, 6.07) is 71.8. The highest BCUT2D eigenvalue weighted by Crippen LogP contribution is 2.37. The van der Waals surface area contributed by atoms with E-state index in [0.717, 1.165) is 188 Å². The number of para-hydroxylation sites is 12. The minimum absolute atomic E-state index is 0.605. The number of tetrazole rings is 6. The number of thioether (sulfide) groups is 6. The molecule has 0 radical (unpaired) electrons. The quantitative estimate of drug-likeness (QED) is 0.0480. The van der Waals surface area contributed by atoms with Crippen LogP contribution in [0.4, 0.5) is 0 Å². The Balaban J connectivity index is 0.000000111. The second-order valence-corrected chi connectivity index (χ2v) is 38.6. The van der Waals surface area contributed by atoms with Crippen molar-refractivity contribution in [3.05, 3.63) is 317 Å². The first-order valence-corrected chi connectivity index (χ1v) is 51.3. The lowest BCUT2D eigenvalue weighted by Gasteiger charge is -2.07. The average molecular weight is 2070 g/mol. The molecule has 732 valence electrons. The van der Waals surface area contributed by atoms with Gasteiger partial charge >= 0.3 is 0 Å². The maximum atomic E-state index is 6.30. The zero-order valence-electron chi connectivity index (χ0n) is 80.4. The monoisotopic (exact) mass is 2070 g/mol. The molecule has 0 unspecified atom stereocenters. The molecule has 0 N–H and O–H groups in total. The molecule has 50 heteroatoms. The van der Waals surface area contributed by atoms with E-state index in [2.05, 4.69) is 141 Å². The van der Waals surface area contributed by atoms with E-state index >= 15 is 0 Å². The van der Waals surface area contributed by atoms with Crippen molar-refractivity contribution < 1.29 is 4.74 Å². The SMILES string of the molecule is COc1ccc(CSc2nc3ccccc3n2-c2nnnn2C)nc1.Cc1ccc(CSc2nc3ccccc3n2-c2nnnn2C)nc1.Cc1ccc(CSc2nc3ccccc3n2-c2nnnn2C)nc1.Cc1ccc(CSc2nc3ccccc3n2-c2nnnn2C)nc1.Cc1cccc(CSc2nc3ccccc3n2-c2nnnn2C)n1.Cc1cnc(CSc2nc3ccccc3n2-c2nnnn2C)c(Cl)c1. The lowest BCUT2D eigenvalue weighted by atomic mass is 10.3. The minimum atomic E-state index is 0.605. The second-order valence-electron chi connectivity index (χ2n) is 32.5. The lowest BCUT2D eigenvalue weighted by Crippen LogP contribution is -2.05. The molecule has 0 aliphatic rings. The van der Waals surface area contributed by atoms with Crippen molar-refractivity contribution in [3.8, 4) is 41.4 Å². The Morgan fingerprint density at radius 3 is 0.740 bits per heavy atom. The highest BCUT2D eigenvalue weighted by molar-refractivity contribution is 7.99. The Labute approximate surface area is 862 Å². The van der Waals surface area contributed by atoms with E-state index in [9.17, 15) is 0 Å². The summed E-state index contributed by atoms with van der Waals surface area (Å²) in [5, 5.41) is 76.5. The summed E-state index contributed by atoms with van der Waals surface area (Å²) in [6.07, 6.45) is 9.17. The minimum Gasteiger partial charge on any atom is -0.495 e. The van der Waals surface area contributed by atoms with E-state index < -0.39 is 0 Å². The van der Waals surface area contributed by atoms with Crippen LogP contribution >= 0.6 is 82.2 Å². The van der Waals surface area contributed by atoms with Crippen molar-refractivity contribution in [3.63, 3.8) is 0 Å². The van der Waals surface area contributed by atoms with Crippen LogP contribution in [-0.4, -0.2) is 216 Å². The van der Waals surface area contributed by atoms with Crippen LogP contribution < -0.4 is 4.74 Å². The molecule has 18 heterocycles. The lowest BCUT2D eigenvalue weighted by molar-refractivity contribution is 0.412. The number of rotatable bonds is 25. The van der Waals surface area contributed by atoms with Crippen LogP contribution in [-0.2, 0) is 76.8 Å². The number of aryl methyl sites for hydroxylation is 11. The largest absolute Gasteiger partial charge is 0.495 e. The Morgan fingerprint density at radius 1 is 0.253 bits per heavy atom. The molecule has 0 saturated heterocycles. The molecule has 18 aromatic heterocycles. The van der Waals surface area contributed by atoms with Gasteiger partial charge in [-0.15, -0.1) is 0 Å². The third-order valence-electron chi connectivity index (χ3n) is 22.0. The molecule has 146 heavy (non-hydrogen) atoms. The van der Waals surface area contributed by atoms with E-state index in [1.54, 1.807) is 119 Å². The van der Waals surface area contributed by atoms with E-state index in [1.807, 2.05) is 322 Å². The first-order valence-electron chi connectivity index (χ1n) is 45.0. The molecule has 0 amide bonds. The Bertz CT molecular complexity index is 8210. The normalized spacial score (nSPS) is 11.2. The van der Waals surface area contributed by atoms with Crippen molar-refractivity contribution in [2.45, 2.75) is 100 Å². The number of nitrogens with zero attached hydrogens (tertiary/aromatic N) is 42. The molecule has 0 bridgehead atoms. The first-order chi connectivity index (χ1) is 71.3. The van der Waals surface area contributed by atoms with E-state index in [0.29, 0.717) is 52.2 Å². The maximum absolute atomic E-state index is 6.30. The van der Waals surface area contributed by atoms with Gasteiger partial charge in [-0.3, -0.25) is 57.3 Å². The molecule has 0 aliphatic heterocycles. The fourth-order valence-corrected chi connectivity index (χ4v) is 20.7. The smallest absolute Gasteiger partial charge is 0.256 e. The van der Waals surface area contributed by atoms with Gasteiger partial charge in [0.1, 0.15) is 5.75 Å². The number of halogens is 1. The molecular formula is C96H89ClN42OS6. The van der Waals surface area contributed by atoms with Crippen molar-refractivity contribution >= 4 is 148 Å². The summed E-state index contributed by atoms with van der Waals surface area (Å²) < 4.78 is 26.8. The van der Waals surface area contributed by atoms with Gasteiger partial charge in [0.2, 0.25) is 0 Å². The summed E-state index contributed by atoms with van der Waals surface area (Å²) in [5.41, 5.74) is 22.6. The number of pyridine rings is 6. The molecule has 0 atom stereocenters. The number of fused-ring (bicyclic) bond motifs is 6. The van der Waals surface area contributed by atoms with Gasteiger partial charge in [0.25, 0.3) is 35.7 Å². The van der Waals surface area contributed by atoms with Gasteiger partial charge < -0.3 is 4.74 Å². The fraction of sp³-hybridized carbons (Fsp3) is 0.188. The average Bonchev–Trinajstić information content (AvgIpc) is 1.65. The number of benzene rings is 6. The van der Waals surface area contributed by atoms with Crippen LogP contribution in [0.3, 0.4) is 0 Å². The third kappa shape index (κ3) is 22.7. The van der Waals surface area contributed by atoms with E-state index in [1.165, 1.54) is 0 Å². The highest BCUT2D eigenvalue weighted by Gasteiger charge is 2.26. The van der Waals surface area contributed by atoms with Gasteiger partial charge in [-0.2, -0.15) is 0 Å². The van der Waals surface area contributed by atoms with Crippen LogP contribution in [0.25, 0.3) is 102 Å². The Hall–Kier alpha value is -16.4. The second kappa shape index (κ2) is 45.5. The van der Waals surface area contributed by atoms with E-state index in [4.69, 9.17) is 46.2 Å². The maximum Gasteiger partial charge on any atom is 0.256 e. The molecule has 0 saturated carbocycles. The van der Waals surface area contributed by atoms with Gasteiger partial charge in [0, 0.05) is 107 Å². The molecule has 6 aromatic carbocycles. The number of hydrogen-bond donors (Lipinski definition) is 0. The molecular weight excluding hydrogens is 1990 g/mol. The Kier molecular flexibility index (Phi) is 30.7. The fourth-order valence-electron chi connectivity index (χ4n) is 14.8. The molecule has 0 aliphatic carbocycles. The van der Waals surface area contributed by atoms with Gasteiger partial charge in [-0.1, -0.05) is 210 Å². The van der Waals surface area contributed by atoms with Crippen LogP contribution in [0.1, 0.15) is 62.1 Å². The van der Waals surface area contributed by atoms with Crippen molar-refractivity contribution in [1.82, 2.24) is 208 Å². The summed E-state index contributed by atoms with van der Waals surface area (Å²) in [5.74, 6) is 8.75. The van der Waals surface area contributed by atoms with Gasteiger partial charge in [-0.05, 0) is 241 Å². The molecule has 43 nitrogen and oxygen atoms in total. The standard InChI is InChI=1S/C16H14ClN7S.C16H15N7OS.4C16H15N7S/c1-10-7-11(17)13(18-8-10)9-25-16-19-12-5-3-4-6-14(12)24(16)15-20-21-22-23(15)2;1-22-15(19-20-21-22)23-14-6-4-3-5-13(14)18-16(23)25-10-11-7-8-12(24-2)9-17-11;1-11-6-5-7-12(17-11)10-24-16-18-13-8-3-4-9-14(13)23(16)15-19-20-21-22(15)2;3*1-11-7-8-12(17-9-11)10-24-16-18-13-5-3-4-6-14(13)23(16)15-19-20-21-22(15)2/h3-8H,9H2,1-2H3;3-9H,10H2,1-2H3;4*3-9H,10H2,1-2H3. The third-order valence-corrected chi connectivity index (χ3v) is 28.1. The molecule has 24 aromatic rings. The highest BCUT2D eigenvalue weighted by atomic mass is 35.5. The summed E-state index contributed by atoms with van der Waals surface area (Å²) >= 11 is 15.9. The summed E-state index contributed by atoms with van der Waals surface area (Å²) in [7, 11) is 12.5. The number of aromatic nitrogens is 42. The predicted molar refractivity (Wildman–Crippen MR) is 559 cm³/mol. The zero-order chi connectivity index (χ0) is 101. The Morgan fingerprint density at radius 2 is 0.507 bits per heavy atom. The van der Waals surface area contributed by atoms with Crippen LogP contribution in [0, 0.1) is 34.6 Å². The molecule has 0 spiro atoms. The van der Waals surface area contributed by atoms with Gasteiger partial charge in [-0.25, -0.2) is 58.0 Å².